The summed E-state index contributed by atoms with van der Waals surface area (Å²) in [6, 6.07) is 7.52. The number of piperidine rings is 1. The quantitative estimate of drug-likeness (QED) is 0.781. The van der Waals surface area contributed by atoms with Crippen molar-refractivity contribution >= 4 is 23.7 Å². The van der Waals surface area contributed by atoms with Crippen molar-refractivity contribution in [2.75, 3.05) is 31.1 Å². The van der Waals surface area contributed by atoms with Crippen molar-refractivity contribution in [1.82, 2.24) is 9.88 Å². The number of pyridine rings is 1. The van der Waals surface area contributed by atoms with E-state index in [0.717, 1.165) is 43.5 Å². The third-order valence-corrected chi connectivity index (χ3v) is 5.24. The first-order valence-corrected chi connectivity index (χ1v) is 9.43. The average molecular weight is 365 g/mol. The minimum absolute atomic E-state index is 0.0249. The standard InChI is InChI=1S/C21H23N3O3/c1-15-11-18(6-5-16(15)14-25)24-9-10-27-19-12-17(13-22-20(19)24)21(26)23-7-3-2-4-8-23/h5-6,11-14H,2-4,7-10H2,1H3. The van der Waals surface area contributed by atoms with Gasteiger partial charge < -0.3 is 14.5 Å². The predicted molar refractivity (Wildman–Crippen MR) is 103 cm³/mol. The highest BCUT2D eigenvalue weighted by molar-refractivity contribution is 5.95. The summed E-state index contributed by atoms with van der Waals surface area (Å²) in [7, 11) is 0. The Labute approximate surface area is 158 Å². The van der Waals surface area contributed by atoms with Crippen LogP contribution in [-0.4, -0.2) is 48.3 Å². The Morgan fingerprint density at radius 1 is 1.15 bits per heavy atom. The van der Waals surface area contributed by atoms with E-state index >= 15 is 0 Å². The minimum Gasteiger partial charge on any atom is -0.488 e. The number of carbonyl (C=O) groups is 2. The molecule has 6 heteroatoms. The SMILES string of the molecule is Cc1cc(N2CCOc3cc(C(=O)N4CCCCC4)cnc32)ccc1C=O. The number of carbonyl (C=O) groups excluding carboxylic acids is 2. The highest BCUT2D eigenvalue weighted by atomic mass is 16.5. The first-order valence-electron chi connectivity index (χ1n) is 9.43. The first kappa shape index (κ1) is 17.5. The molecule has 1 saturated heterocycles. The molecular formula is C21H23N3O3. The number of aromatic nitrogens is 1. The molecule has 1 aromatic heterocycles. The van der Waals surface area contributed by atoms with Gasteiger partial charge in [-0.25, -0.2) is 4.98 Å². The first-order chi connectivity index (χ1) is 13.2. The average Bonchev–Trinajstić information content (AvgIpc) is 2.73. The molecule has 2 aliphatic heterocycles. The number of amides is 1. The fourth-order valence-corrected chi connectivity index (χ4v) is 3.71. The molecule has 0 atom stereocenters. The lowest BCUT2D eigenvalue weighted by Crippen LogP contribution is -2.36. The largest absolute Gasteiger partial charge is 0.488 e. The Balaban J connectivity index is 1.62. The second-order valence-corrected chi connectivity index (χ2v) is 7.06. The number of anilines is 2. The number of likely N-dealkylation sites (tertiary alicyclic amines) is 1. The number of aryl methyl sites for hydroxylation is 1. The van der Waals surface area contributed by atoms with E-state index in [4.69, 9.17) is 4.74 Å². The number of benzene rings is 1. The molecule has 0 saturated carbocycles. The molecule has 2 aliphatic rings. The van der Waals surface area contributed by atoms with Crippen molar-refractivity contribution in [1.29, 1.82) is 0 Å². The van der Waals surface area contributed by atoms with Gasteiger partial charge in [0.25, 0.3) is 5.91 Å². The van der Waals surface area contributed by atoms with Crippen molar-refractivity contribution < 1.29 is 14.3 Å². The van der Waals surface area contributed by atoms with E-state index in [0.29, 0.717) is 35.8 Å². The molecule has 0 unspecified atom stereocenters. The van der Waals surface area contributed by atoms with Crippen molar-refractivity contribution in [3.05, 3.63) is 47.2 Å². The number of nitrogens with zero attached hydrogens (tertiary/aromatic N) is 3. The summed E-state index contributed by atoms with van der Waals surface area (Å²) < 4.78 is 5.80. The van der Waals surface area contributed by atoms with Crippen LogP contribution in [0.1, 0.15) is 45.5 Å². The molecule has 1 aromatic carbocycles. The molecular weight excluding hydrogens is 342 g/mol. The lowest BCUT2D eigenvalue weighted by Gasteiger charge is -2.31. The maximum absolute atomic E-state index is 12.7. The van der Waals surface area contributed by atoms with Gasteiger partial charge >= 0.3 is 0 Å². The van der Waals surface area contributed by atoms with Crippen LogP contribution in [0.2, 0.25) is 0 Å². The summed E-state index contributed by atoms with van der Waals surface area (Å²) in [6.07, 6.45) is 5.81. The summed E-state index contributed by atoms with van der Waals surface area (Å²) in [5.74, 6) is 1.35. The van der Waals surface area contributed by atoms with Gasteiger partial charge in [-0.1, -0.05) is 0 Å². The molecule has 0 radical (unpaired) electrons. The molecule has 4 rings (SSSR count). The van der Waals surface area contributed by atoms with Crippen LogP contribution in [0.3, 0.4) is 0 Å². The molecule has 2 aromatic rings. The second kappa shape index (κ2) is 7.39. The zero-order valence-corrected chi connectivity index (χ0v) is 15.5. The number of ether oxygens (including phenoxy) is 1. The topological polar surface area (TPSA) is 62.7 Å². The maximum atomic E-state index is 12.7. The number of rotatable bonds is 3. The molecule has 1 fully saturated rings. The van der Waals surface area contributed by atoms with E-state index in [1.54, 1.807) is 12.3 Å². The molecule has 0 N–H and O–H groups in total. The van der Waals surface area contributed by atoms with Crippen LogP contribution in [0, 0.1) is 6.92 Å². The Bertz CT molecular complexity index is 875. The van der Waals surface area contributed by atoms with Gasteiger partial charge in [0.05, 0.1) is 12.1 Å². The van der Waals surface area contributed by atoms with Gasteiger partial charge in [-0.05, 0) is 56.0 Å². The number of aldehydes is 1. The zero-order valence-electron chi connectivity index (χ0n) is 15.5. The van der Waals surface area contributed by atoms with Crippen molar-refractivity contribution in [2.24, 2.45) is 0 Å². The van der Waals surface area contributed by atoms with Crippen molar-refractivity contribution in [2.45, 2.75) is 26.2 Å². The highest BCUT2D eigenvalue weighted by Gasteiger charge is 2.25. The molecule has 0 bridgehead atoms. The highest BCUT2D eigenvalue weighted by Crippen LogP contribution is 2.36. The third-order valence-electron chi connectivity index (χ3n) is 5.24. The predicted octanol–water partition coefficient (Wildman–Crippen LogP) is 3.36. The van der Waals surface area contributed by atoms with E-state index in [9.17, 15) is 9.59 Å². The molecule has 140 valence electrons. The normalized spacial score (nSPS) is 16.5. The molecule has 1 amide bonds. The summed E-state index contributed by atoms with van der Waals surface area (Å²) in [5.41, 5.74) is 3.14. The summed E-state index contributed by atoms with van der Waals surface area (Å²) in [6.45, 7) is 4.72. The van der Waals surface area contributed by atoms with Crippen LogP contribution < -0.4 is 9.64 Å². The van der Waals surface area contributed by atoms with Crippen molar-refractivity contribution in [3.8, 4) is 5.75 Å². The maximum Gasteiger partial charge on any atom is 0.255 e. The van der Waals surface area contributed by atoms with Crippen LogP contribution in [0.5, 0.6) is 5.75 Å². The molecule has 3 heterocycles. The van der Waals surface area contributed by atoms with Gasteiger partial charge in [0.1, 0.15) is 12.9 Å². The number of hydrogen-bond donors (Lipinski definition) is 0. The van der Waals surface area contributed by atoms with Gasteiger partial charge in [0.2, 0.25) is 0 Å². The Kier molecular flexibility index (Phi) is 4.79. The van der Waals surface area contributed by atoms with Crippen LogP contribution in [0.15, 0.2) is 30.5 Å². The fourth-order valence-electron chi connectivity index (χ4n) is 3.71. The van der Waals surface area contributed by atoms with Crippen LogP contribution in [0.25, 0.3) is 0 Å². The molecule has 0 spiro atoms. The Morgan fingerprint density at radius 2 is 1.96 bits per heavy atom. The van der Waals surface area contributed by atoms with E-state index in [1.807, 2.05) is 30.0 Å². The summed E-state index contributed by atoms with van der Waals surface area (Å²) in [4.78, 5) is 32.3. The molecule has 27 heavy (non-hydrogen) atoms. The minimum atomic E-state index is 0.0249. The monoisotopic (exact) mass is 365 g/mol. The van der Waals surface area contributed by atoms with Gasteiger partial charge in [-0.15, -0.1) is 0 Å². The summed E-state index contributed by atoms with van der Waals surface area (Å²) in [5, 5.41) is 0. The third kappa shape index (κ3) is 3.39. The summed E-state index contributed by atoms with van der Waals surface area (Å²) >= 11 is 0. The van der Waals surface area contributed by atoms with E-state index in [1.165, 1.54) is 6.42 Å². The fraction of sp³-hybridized carbons (Fsp3) is 0.381. The lowest BCUT2D eigenvalue weighted by molar-refractivity contribution is 0.0723. The molecule has 0 aliphatic carbocycles. The van der Waals surface area contributed by atoms with Crippen LogP contribution in [-0.2, 0) is 0 Å². The van der Waals surface area contributed by atoms with Gasteiger partial charge in [-0.2, -0.15) is 0 Å². The smallest absolute Gasteiger partial charge is 0.255 e. The second-order valence-electron chi connectivity index (χ2n) is 7.06. The Morgan fingerprint density at radius 3 is 2.70 bits per heavy atom. The van der Waals surface area contributed by atoms with Gasteiger partial charge in [0.15, 0.2) is 11.6 Å². The van der Waals surface area contributed by atoms with E-state index in [-0.39, 0.29) is 5.91 Å². The number of fused-ring (bicyclic) bond motifs is 1. The molecule has 6 nitrogen and oxygen atoms in total. The zero-order chi connectivity index (χ0) is 18.8. The van der Waals surface area contributed by atoms with Crippen LogP contribution >= 0.6 is 0 Å². The van der Waals surface area contributed by atoms with Crippen LogP contribution in [0.4, 0.5) is 11.5 Å². The Hall–Kier alpha value is -2.89. The van der Waals surface area contributed by atoms with Gasteiger partial charge in [-0.3, -0.25) is 9.59 Å². The van der Waals surface area contributed by atoms with Crippen molar-refractivity contribution in [3.63, 3.8) is 0 Å². The van der Waals surface area contributed by atoms with E-state index in [2.05, 4.69) is 9.88 Å². The van der Waals surface area contributed by atoms with E-state index < -0.39 is 0 Å². The van der Waals surface area contributed by atoms with Gasteiger partial charge in [0, 0.05) is 30.5 Å². The lowest BCUT2D eigenvalue weighted by atomic mass is 10.1. The number of hydrogen-bond acceptors (Lipinski definition) is 5.